The lowest BCUT2D eigenvalue weighted by atomic mass is 10.1. The predicted molar refractivity (Wildman–Crippen MR) is 69.1 cm³/mol. The van der Waals surface area contributed by atoms with Gasteiger partial charge in [-0.2, -0.15) is 5.10 Å². The summed E-state index contributed by atoms with van der Waals surface area (Å²) >= 11 is 6.16. The molecule has 0 radical (unpaired) electrons. The van der Waals surface area contributed by atoms with Crippen LogP contribution in [0.15, 0.2) is 0 Å². The zero-order valence-corrected chi connectivity index (χ0v) is 11.3. The number of hydrogen-bond donors (Lipinski definition) is 1. The molecule has 0 fully saturated rings. The van der Waals surface area contributed by atoms with Gasteiger partial charge in [-0.25, -0.2) is 0 Å². The molecule has 0 saturated carbocycles. The minimum atomic E-state index is 0.791. The van der Waals surface area contributed by atoms with Crippen LogP contribution in [0.25, 0.3) is 0 Å². The van der Waals surface area contributed by atoms with E-state index in [0.29, 0.717) is 0 Å². The van der Waals surface area contributed by atoms with E-state index >= 15 is 0 Å². The highest BCUT2D eigenvalue weighted by molar-refractivity contribution is 6.30. The monoisotopic (exact) mass is 243 g/mol. The summed E-state index contributed by atoms with van der Waals surface area (Å²) in [5.74, 6) is 0. The molecular weight excluding hydrogens is 222 g/mol. The zero-order valence-electron chi connectivity index (χ0n) is 10.5. The van der Waals surface area contributed by atoms with Gasteiger partial charge in [0.05, 0.1) is 5.69 Å². The molecule has 3 nitrogen and oxygen atoms in total. The number of nitrogens with one attached hydrogen (secondary N) is 1. The third-order valence-corrected chi connectivity index (χ3v) is 3.20. The van der Waals surface area contributed by atoms with Gasteiger partial charge in [0.1, 0.15) is 5.15 Å². The lowest BCUT2D eigenvalue weighted by Crippen LogP contribution is -2.15. The third-order valence-electron chi connectivity index (χ3n) is 2.73. The summed E-state index contributed by atoms with van der Waals surface area (Å²) in [5, 5.41) is 8.50. The Kier molecular flexibility index (Phi) is 5.85. The number of nitrogens with zero attached hydrogens (tertiary/aromatic N) is 2. The highest BCUT2D eigenvalue weighted by Gasteiger charge is 2.09. The second-order valence-corrected chi connectivity index (χ2v) is 4.54. The minimum Gasteiger partial charge on any atom is -0.317 e. The van der Waals surface area contributed by atoms with E-state index in [1.807, 2.05) is 14.0 Å². The lowest BCUT2D eigenvalue weighted by Gasteiger charge is -2.03. The van der Waals surface area contributed by atoms with E-state index in [2.05, 4.69) is 17.3 Å². The number of unbranched alkanes of at least 4 members (excludes halogenated alkanes) is 1. The summed E-state index contributed by atoms with van der Waals surface area (Å²) in [4.78, 5) is 0. The quantitative estimate of drug-likeness (QED) is 0.747. The molecule has 4 heteroatoms. The Hall–Kier alpha value is -0.540. The first-order valence-corrected chi connectivity index (χ1v) is 6.43. The Labute approximate surface area is 103 Å². The predicted octanol–water partition coefficient (Wildman–Crippen LogP) is 2.70. The van der Waals surface area contributed by atoms with Crippen molar-refractivity contribution in [3.63, 3.8) is 0 Å². The van der Waals surface area contributed by atoms with Crippen LogP contribution in [0, 0.1) is 6.92 Å². The fourth-order valence-corrected chi connectivity index (χ4v) is 2.08. The highest BCUT2D eigenvalue weighted by atomic mass is 35.5. The van der Waals surface area contributed by atoms with Crippen molar-refractivity contribution < 1.29 is 0 Å². The van der Waals surface area contributed by atoms with Gasteiger partial charge in [0.2, 0.25) is 0 Å². The van der Waals surface area contributed by atoms with Gasteiger partial charge in [-0.05, 0) is 45.7 Å². The van der Waals surface area contributed by atoms with E-state index < -0.39 is 0 Å². The van der Waals surface area contributed by atoms with Crippen LogP contribution in [0.3, 0.4) is 0 Å². The summed E-state index contributed by atoms with van der Waals surface area (Å²) in [7, 11) is 1.89. The van der Waals surface area contributed by atoms with Crippen LogP contribution in [0.1, 0.15) is 37.4 Å². The van der Waals surface area contributed by atoms with Crippen molar-refractivity contribution in [3.8, 4) is 0 Å². The number of rotatable bonds is 7. The molecule has 0 aliphatic heterocycles. The second kappa shape index (κ2) is 6.92. The molecule has 1 rings (SSSR count). The molecule has 0 amide bonds. The Morgan fingerprint density at radius 1 is 1.31 bits per heavy atom. The average molecular weight is 244 g/mol. The fourth-order valence-electron chi connectivity index (χ4n) is 1.81. The summed E-state index contributed by atoms with van der Waals surface area (Å²) < 4.78 is 1.75. The molecular formula is C12H22ClN3. The van der Waals surface area contributed by atoms with Crippen LogP contribution < -0.4 is 5.32 Å². The molecule has 1 N–H and O–H groups in total. The fraction of sp³-hybridized carbons (Fsp3) is 0.750. The van der Waals surface area contributed by atoms with Gasteiger partial charge in [-0.1, -0.05) is 18.5 Å². The first kappa shape index (κ1) is 13.5. The Morgan fingerprint density at radius 3 is 2.62 bits per heavy atom. The first-order chi connectivity index (χ1) is 7.66. The van der Waals surface area contributed by atoms with Gasteiger partial charge in [0.15, 0.2) is 0 Å². The normalized spacial score (nSPS) is 11.0. The molecule has 92 valence electrons. The van der Waals surface area contributed by atoms with Crippen molar-refractivity contribution in [2.45, 2.75) is 39.5 Å². The summed E-state index contributed by atoms with van der Waals surface area (Å²) in [6.45, 7) is 6.43. The van der Waals surface area contributed by atoms with Gasteiger partial charge < -0.3 is 5.32 Å². The summed E-state index contributed by atoms with van der Waals surface area (Å²) in [5.41, 5.74) is 2.27. The smallest absolute Gasteiger partial charge is 0.130 e. The van der Waals surface area contributed by atoms with Crippen molar-refractivity contribution in [3.05, 3.63) is 16.4 Å². The van der Waals surface area contributed by atoms with E-state index in [-0.39, 0.29) is 0 Å². The molecule has 0 bridgehead atoms. The van der Waals surface area contributed by atoms with Gasteiger partial charge in [0, 0.05) is 12.6 Å². The lowest BCUT2D eigenvalue weighted by molar-refractivity contribution is 0.616. The molecule has 0 saturated heterocycles. The van der Waals surface area contributed by atoms with Gasteiger partial charge in [-0.15, -0.1) is 0 Å². The minimum absolute atomic E-state index is 0.791. The van der Waals surface area contributed by atoms with Crippen molar-refractivity contribution in [1.29, 1.82) is 0 Å². The van der Waals surface area contributed by atoms with E-state index in [4.69, 9.17) is 11.6 Å². The molecule has 0 aliphatic carbocycles. The first-order valence-electron chi connectivity index (χ1n) is 6.05. The Bertz CT molecular complexity index is 320. The molecule has 1 heterocycles. The van der Waals surface area contributed by atoms with Crippen LogP contribution in [-0.4, -0.2) is 22.9 Å². The van der Waals surface area contributed by atoms with Crippen LogP contribution in [-0.2, 0) is 13.5 Å². The van der Waals surface area contributed by atoms with Gasteiger partial charge >= 0.3 is 0 Å². The van der Waals surface area contributed by atoms with Crippen molar-refractivity contribution in [1.82, 2.24) is 15.1 Å². The molecule has 1 aromatic heterocycles. The van der Waals surface area contributed by atoms with E-state index in [1.165, 1.54) is 24.8 Å². The number of aryl methyl sites for hydroxylation is 2. The summed E-state index contributed by atoms with van der Waals surface area (Å²) in [6.07, 6.45) is 4.60. The summed E-state index contributed by atoms with van der Waals surface area (Å²) in [6, 6.07) is 0. The van der Waals surface area contributed by atoms with Crippen LogP contribution in [0.2, 0.25) is 5.15 Å². The topological polar surface area (TPSA) is 29.9 Å². The van der Waals surface area contributed by atoms with Crippen molar-refractivity contribution in [2.75, 3.05) is 13.1 Å². The van der Waals surface area contributed by atoms with E-state index in [0.717, 1.165) is 30.4 Å². The highest BCUT2D eigenvalue weighted by Crippen LogP contribution is 2.20. The number of halogens is 1. The average Bonchev–Trinajstić information content (AvgIpc) is 2.49. The van der Waals surface area contributed by atoms with Crippen molar-refractivity contribution >= 4 is 11.6 Å². The zero-order chi connectivity index (χ0) is 12.0. The van der Waals surface area contributed by atoms with E-state index in [9.17, 15) is 0 Å². The van der Waals surface area contributed by atoms with Crippen LogP contribution >= 0.6 is 11.6 Å². The molecule has 0 aromatic carbocycles. The standard InChI is InChI=1S/C12H22ClN3/c1-4-8-14-9-6-5-7-11-10(2)15-16(3)12(11)13/h14H,4-9H2,1-3H3. The molecule has 0 atom stereocenters. The Balaban J connectivity index is 2.26. The maximum atomic E-state index is 6.16. The van der Waals surface area contributed by atoms with Gasteiger partial charge in [0.25, 0.3) is 0 Å². The molecule has 0 unspecified atom stereocenters. The largest absolute Gasteiger partial charge is 0.317 e. The molecule has 0 spiro atoms. The van der Waals surface area contributed by atoms with E-state index in [1.54, 1.807) is 4.68 Å². The van der Waals surface area contributed by atoms with Gasteiger partial charge in [-0.3, -0.25) is 4.68 Å². The maximum Gasteiger partial charge on any atom is 0.130 e. The number of aromatic nitrogens is 2. The van der Waals surface area contributed by atoms with Crippen LogP contribution in [0.5, 0.6) is 0 Å². The number of hydrogen-bond acceptors (Lipinski definition) is 2. The Morgan fingerprint density at radius 2 is 2.06 bits per heavy atom. The third kappa shape index (κ3) is 3.80. The molecule has 1 aromatic rings. The van der Waals surface area contributed by atoms with Crippen molar-refractivity contribution in [2.24, 2.45) is 7.05 Å². The van der Waals surface area contributed by atoms with Crippen LogP contribution in [0.4, 0.5) is 0 Å². The SMILES string of the molecule is CCCNCCCCc1c(C)nn(C)c1Cl. The second-order valence-electron chi connectivity index (χ2n) is 4.19. The molecule has 16 heavy (non-hydrogen) atoms. The molecule has 0 aliphatic rings. The maximum absolute atomic E-state index is 6.16.